The lowest BCUT2D eigenvalue weighted by molar-refractivity contribution is 0.111. The van der Waals surface area contributed by atoms with E-state index in [9.17, 15) is 4.79 Å². The highest BCUT2D eigenvalue weighted by atomic mass is 16.5. The largest absolute Gasteiger partial charge is 0.496 e. The molecule has 1 aromatic carbocycles. The summed E-state index contributed by atoms with van der Waals surface area (Å²) >= 11 is 0. The SMILES string of the molecule is COc1cc(OC)c(CC=C(C)C)c(OC)c1C=O. The first-order valence-electron chi connectivity index (χ1n) is 5.99. The minimum atomic E-state index is 0.406. The summed E-state index contributed by atoms with van der Waals surface area (Å²) < 4.78 is 15.9. The number of aldehydes is 1. The standard InChI is InChI=1S/C15H20O4/c1-10(2)6-7-11-13(17-3)8-14(18-4)12(9-16)15(11)19-5/h6,8-9H,7H2,1-5H3. The van der Waals surface area contributed by atoms with Crippen molar-refractivity contribution in [1.82, 2.24) is 0 Å². The molecule has 19 heavy (non-hydrogen) atoms. The molecule has 0 N–H and O–H groups in total. The second-order valence-corrected chi connectivity index (χ2v) is 4.31. The molecule has 0 bridgehead atoms. The number of ether oxygens (including phenoxy) is 3. The lowest BCUT2D eigenvalue weighted by Crippen LogP contribution is -2.02. The van der Waals surface area contributed by atoms with Crippen LogP contribution in [0.25, 0.3) is 0 Å². The Morgan fingerprint density at radius 1 is 1.11 bits per heavy atom. The molecule has 0 fully saturated rings. The fourth-order valence-corrected chi connectivity index (χ4v) is 1.87. The van der Waals surface area contributed by atoms with Crippen molar-refractivity contribution in [3.05, 3.63) is 28.8 Å². The topological polar surface area (TPSA) is 44.8 Å². The van der Waals surface area contributed by atoms with Gasteiger partial charge in [-0.1, -0.05) is 11.6 Å². The van der Waals surface area contributed by atoms with Crippen LogP contribution in [0.5, 0.6) is 17.2 Å². The number of allylic oxidation sites excluding steroid dienone is 2. The Morgan fingerprint density at radius 2 is 1.74 bits per heavy atom. The zero-order chi connectivity index (χ0) is 14.4. The summed E-state index contributed by atoms with van der Waals surface area (Å²) in [6, 6.07) is 1.71. The van der Waals surface area contributed by atoms with E-state index in [4.69, 9.17) is 14.2 Å². The minimum Gasteiger partial charge on any atom is -0.496 e. The number of rotatable bonds is 6. The van der Waals surface area contributed by atoms with Crippen LogP contribution in [0.15, 0.2) is 17.7 Å². The summed E-state index contributed by atoms with van der Waals surface area (Å²) in [6.45, 7) is 4.03. The van der Waals surface area contributed by atoms with Gasteiger partial charge in [-0.2, -0.15) is 0 Å². The highest BCUT2D eigenvalue weighted by Crippen LogP contribution is 2.38. The molecule has 4 heteroatoms. The summed E-state index contributed by atoms with van der Waals surface area (Å²) in [5.41, 5.74) is 2.43. The van der Waals surface area contributed by atoms with E-state index < -0.39 is 0 Å². The van der Waals surface area contributed by atoms with Crippen LogP contribution in [0, 0.1) is 0 Å². The van der Waals surface area contributed by atoms with Gasteiger partial charge in [-0.25, -0.2) is 0 Å². The first-order chi connectivity index (χ1) is 9.08. The Labute approximate surface area is 114 Å². The molecule has 0 spiro atoms. The Balaban J connectivity index is 3.48. The lowest BCUT2D eigenvalue weighted by Gasteiger charge is -2.16. The number of hydrogen-bond donors (Lipinski definition) is 0. The Morgan fingerprint density at radius 3 is 2.16 bits per heavy atom. The van der Waals surface area contributed by atoms with Crippen molar-refractivity contribution in [1.29, 1.82) is 0 Å². The minimum absolute atomic E-state index is 0.406. The van der Waals surface area contributed by atoms with E-state index in [1.54, 1.807) is 13.2 Å². The zero-order valence-corrected chi connectivity index (χ0v) is 12.1. The van der Waals surface area contributed by atoms with Crippen molar-refractivity contribution in [3.8, 4) is 17.2 Å². The van der Waals surface area contributed by atoms with Gasteiger partial charge >= 0.3 is 0 Å². The van der Waals surface area contributed by atoms with Gasteiger partial charge in [-0.15, -0.1) is 0 Å². The summed E-state index contributed by atoms with van der Waals surface area (Å²) in [7, 11) is 4.63. The molecule has 0 radical (unpaired) electrons. The van der Waals surface area contributed by atoms with Crippen LogP contribution in [-0.2, 0) is 6.42 Å². The van der Waals surface area contributed by atoms with Crippen molar-refractivity contribution in [2.45, 2.75) is 20.3 Å². The molecule has 0 amide bonds. The van der Waals surface area contributed by atoms with Crippen molar-refractivity contribution in [2.24, 2.45) is 0 Å². The van der Waals surface area contributed by atoms with Crippen molar-refractivity contribution < 1.29 is 19.0 Å². The fraction of sp³-hybridized carbons (Fsp3) is 0.400. The predicted octanol–water partition coefficient (Wildman–Crippen LogP) is 3.03. The third kappa shape index (κ3) is 3.28. The van der Waals surface area contributed by atoms with E-state index in [0.717, 1.165) is 11.8 Å². The third-order valence-corrected chi connectivity index (χ3v) is 2.82. The molecule has 0 unspecified atom stereocenters. The van der Waals surface area contributed by atoms with E-state index >= 15 is 0 Å². The van der Waals surface area contributed by atoms with E-state index in [2.05, 4.69) is 6.08 Å². The average Bonchev–Trinajstić information content (AvgIpc) is 2.42. The number of benzene rings is 1. The molecule has 4 nitrogen and oxygen atoms in total. The average molecular weight is 264 g/mol. The highest BCUT2D eigenvalue weighted by Gasteiger charge is 2.19. The molecule has 0 aromatic heterocycles. The van der Waals surface area contributed by atoms with Crippen molar-refractivity contribution >= 4 is 6.29 Å². The van der Waals surface area contributed by atoms with Gasteiger partial charge in [0.25, 0.3) is 0 Å². The van der Waals surface area contributed by atoms with Gasteiger partial charge < -0.3 is 14.2 Å². The summed E-state index contributed by atoms with van der Waals surface area (Å²) in [4.78, 5) is 11.2. The highest BCUT2D eigenvalue weighted by molar-refractivity contribution is 5.86. The van der Waals surface area contributed by atoms with Crippen LogP contribution < -0.4 is 14.2 Å². The summed E-state index contributed by atoms with van der Waals surface area (Å²) in [5.74, 6) is 1.60. The molecular weight excluding hydrogens is 244 g/mol. The van der Waals surface area contributed by atoms with E-state index in [0.29, 0.717) is 29.2 Å². The van der Waals surface area contributed by atoms with Gasteiger partial charge in [0, 0.05) is 11.6 Å². The number of carbonyl (C=O) groups excluding carboxylic acids is 1. The van der Waals surface area contributed by atoms with Gasteiger partial charge in [0.15, 0.2) is 6.29 Å². The maximum absolute atomic E-state index is 11.2. The van der Waals surface area contributed by atoms with Gasteiger partial charge in [-0.05, 0) is 20.3 Å². The Bertz CT molecular complexity index is 485. The van der Waals surface area contributed by atoms with Crippen molar-refractivity contribution in [3.63, 3.8) is 0 Å². The van der Waals surface area contributed by atoms with Gasteiger partial charge in [0.05, 0.1) is 26.9 Å². The lowest BCUT2D eigenvalue weighted by atomic mass is 10.0. The number of hydrogen-bond acceptors (Lipinski definition) is 4. The number of carbonyl (C=O) groups is 1. The fourth-order valence-electron chi connectivity index (χ4n) is 1.87. The quantitative estimate of drug-likeness (QED) is 0.585. The third-order valence-electron chi connectivity index (χ3n) is 2.82. The van der Waals surface area contributed by atoms with Crippen molar-refractivity contribution in [2.75, 3.05) is 21.3 Å². The van der Waals surface area contributed by atoms with Crippen LogP contribution in [0.2, 0.25) is 0 Å². The maximum Gasteiger partial charge on any atom is 0.157 e. The molecule has 0 saturated carbocycles. The number of methoxy groups -OCH3 is 3. The summed E-state index contributed by atoms with van der Waals surface area (Å²) in [6.07, 6.45) is 3.43. The second-order valence-electron chi connectivity index (χ2n) is 4.31. The Kier molecular flexibility index (Phi) is 5.42. The molecule has 0 aliphatic rings. The van der Waals surface area contributed by atoms with Crippen LogP contribution in [0.1, 0.15) is 29.8 Å². The maximum atomic E-state index is 11.2. The monoisotopic (exact) mass is 264 g/mol. The molecule has 0 aliphatic heterocycles. The van der Waals surface area contributed by atoms with Crippen LogP contribution >= 0.6 is 0 Å². The van der Waals surface area contributed by atoms with Crippen LogP contribution in [0.3, 0.4) is 0 Å². The zero-order valence-electron chi connectivity index (χ0n) is 12.1. The molecule has 0 aliphatic carbocycles. The first-order valence-corrected chi connectivity index (χ1v) is 5.99. The molecule has 0 atom stereocenters. The van der Waals surface area contributed by atoms with Gasteiger partial charge in [-0.3, -0.25) is 4.79 Å². The molecule has 0 heterocycles. The first kappa shape index (κ1) is 15.1. The smallest absolute Gasteiger partial charge is 0.157 e. The second kappa shape index (κ2) is 6.83. The molecular formula is C15H20O4. The van der Waals surface area contributed by atoms with Crippen LogP contribution in [0.4, 0.5) is 0 Å². The molecule has 1 rings (SSSR count). The Hall–Kier alpha value is -1.97. The van der Waals surface area contributed by atoms with Crippen LogP contribution in [-0.4, -0.2) is 27.6 Å². The van der Waals surface area contributed by atoms with E-state index in [1.807, 2.05) is 13.8 Å². The van der Waals surface area contributed by atoms with E-state index in [-0.39, 0.29) is 0 Å². The van der Waals surface area contributed by atoms with Gasteiger partial charge in [0.1, 0.15) is 17.2 Å². The molecule has 0 saturated heterocycles. The molecule has 104 valence electrons. The summed E-state index contributed by atoms with van der Waals surface area (Å²) in [5, 5.41) is 0. The molecule has 1 aromatic rings. The predicted molar refractivity (Wildman–Crippen MR) is 74.6 cm³/mol. The van der Waals surface area contributed by atoms with E-state index in [1.165, 1.54) is 19.8 Å². The normalized spacial score (nSPS) is 9.74. The van der Waals surface area contributed by atoms with Gasteiger partial charge in [0.2, 0.25) is 0 Å².